The molecule has 2 aromatic rings. The Morgan fingerprint density at radius 2 is 2.28 bits per heavy atom. The molecule has 1 aromatic heterocycles. The molecule has 0 fully saturated rings. The number of aliphatic hydroxyl groups is 1. The summed E-state index contributed by atoms with van der Waals surface area (Å²) in [6.07, 6.45) is 1.75. The van der Waals surface area contributed by atoms with E-state index in [0.29, 0.717) is 13.1 Å². The zero-order chi connectivity index (χ0) is 13.0. The lowest BCUT2D eigenvalue weighted by Crippen LogP contribution is -2.03. The average Bonchev–Trinajstić information content (AvgIpc) is 2.79. The molecule has 96 valence electrons. The van der Waals surface area contributed by atoms with Gasteiger partial charge in [0.1, 0.15) is 11.5 Å². The number of nitrogens with zero attached hydrogens (tertiary/aromatic N) is 3. The maximum atomic E-state index is 13.1. The highest BCUT2D eigenvalue weighted by Gasteiger charge is 2.03. The second-order valence-corrected chi connectivity index (χ2v) is 4.01. The van der Waals surface area contributed by atoms with Crippen LogP contribution >= 0.6 is 0 Å². The lowest BCUT2D eigenvalue weighted by Gasteiger charge is -2.07. The Bertz CT molecular complexity index is 527. The van der Waals surface area contributed by atoms with Crippen molar-refractivity contribution in [3.63, 3.8) is 0 Å². The van der Waals surface area contributed by atoms with E-state index >= 15 is 0 Å². The fourth-order valence-corrected chi connectivity index (χ4v) is 1.60. The van der Waals surface area contributed by atoms with Crippen LogP contribution in [0.4, 0.5) is 10.1 Å². The molecule has 18 heavy (non-hydrogen) atoms. The van der Waals surface area contributed by atoms with Gasteiger partial charge in [0.2, 0.25) is 0 Å². The van der Waals surface area contributed by atoms with Crippen LogP contribution in [0.1, 0.15) is 11.3 Å². The SMILES string of the molecule is Cc1ccc(F)cc1NCc1cn(CCO)nn1. The van der Waals surface area contributed by atoms with Crippen molar-refractivity contribution < 1.29 is 9.50 Å². The third-order valence-corrected chi connectivity index (χ3v) is 2.57. The molecule has 0 amide bonds. The van der Waals surface area contributed by atoms with Gasteiger partial charge in [0.25, 0.3) is 0 Å². The van der Waals surface area contributed by atoms with Crippen molar-refractivity contribution in [2.24, 2.45) is 0 Å². The summed E-state index contributed by atoms with van der Waals surface area (Å²) >= 11 is 0. The molecule has 2 N–H and O–H groups in total. The molecule has 1 heterocycles. The van der Waals surface area contributed by atoms with Crippen LogP contribution in [-0.4, -0.2) is 26.7 Å². The van der Waals surface area contributed by atoms with Crippen molar-refractivity contribution >= 4 is 5.69 Å². The molecule has 0 aliphatic carbocycles. The highest BCUT2D eigenvalue weighted by molar-refractivity contribution is 5.50. The highest BCUT2D eigenvalue weighted by Crippen LogP contribution is 2.16. The van der Waals surface area contributed by atoms with Gasteiger partial charge in [0.15, 0.2) is 0 Å². The van der Waals surface area contributed by atoms with Crippen LogP contribution in [0.25, 0.3) is 0 Å². The zero-order valence-corrected chi connectivity index (χ0v) is 10.1. The van der Waals surface area contributed by atoms with Gasteiger partial charge in [-0.15, -0.1) is 5.10 Å². The minimum Gasteiger partial charge on any atom is -0.394 e. The number of anilines is 1. The molecule has 0 radical (unpaired) electrons. The lowest BCUT2D eigenvalue weighted by molar-refractivity contribution is 0.268. The number of aliphatic hydroxyl groups excluding tert-OH is 1. The summed E-state index contributed by atoms with van der Waals surface area (Å²) in [7, 11) is 0. The molecule has 0 saturated heterocycles. The van der Waals surface area contributed by atoms with E-state index in [0.717, 1.165) is 16.9 Å². The van der Waals surface area contributed by atoms with Gasteiger partial charge >= 0.3 is 0 Å². The Morgan fingerprint density at radius 1 is 1.44 bits per heavy atom. The Labute approximate surface area is 104 Å². The number of rotatable bonds is 5. The fourth-order valence-electron chi connectivity index (χ4n) is 1.60. The smallest absolute Gasteiger partial charge is 0.125 e. The molecule has 0 bridgehead atoms. The summed E-state index contributed by atoms with van der Waals surface area (Å²) in [6.45, 7) is 2.82. The molecule has 0 saturated carbocycles. The number of nitrogens with one attached hydrogen (secondary N) is 1. The zero-order valence-electron chi connectivity index (χ0n) is 10.1. The number of aromatic nitrogens is 3. The van der Waals surface area contributed by atoms with Gasteiger partial charge in [-0.2, -0.15) is 0 Å². The molecule has 0 aliphatic rings. The molecule has 0 aliphatic heterocycles. The summed E-state index contributed by atoms with van der Waals surface area (Å²) in [4.78, 5) is 0. The summed E-state index contributed by atoms with van der Waals surface area (Å²) in [5.41, 5.74) is 2.46. The van der Waals surface area contributed by atoms with E-state index < -0.39 is 0 Å². The summed E-state index contributed by atoms with van der Waals surface area (Å²) in [6, 6.07) is 4.60. The first kappa shape index (κ1) is 12.5. The summed E-state index contributed by atoms with van der Waals surface area (Å²) < 4.78 is 14.6. The van der Waals surface area contributed by atoms with Crippen molar-refractivity contribution in [1.82, 2.24) is 15.0 Å². The molecular formula is C12H15FN4O. The second kappa shape index (κ2) is 5.59. The van der Waals surface area contributed by atoms with Crippen molar-refractivity contribution in [3.8, 4) is 0 Å². The van der Waals surface area contributed by atoms with Crippen molar-refractivity contribution in [2.45, 2.75) is 20.0 Å². The van der Waals surface area contributed by atoms with Gasteiger partial charge in [-0.1, -0.05) is 11.3 Å². The van der Waals surface area contributed by atoms with Crippen molar-refractivity contribution in [1.29, 1.82) is 0 Å². The van der Waals surface area contributed by atoms with Gasteiger partial charge in [0.05, 0.1) is 25.9 Å². The quantitative estimate of drug-likeness (QED) is 0.840. The molecular weight excluding hydrogens is 235 g/mol. The maximum Gasteiger partial charge on any atom is 0.125 e. The van der Waals surface area contributed by atoms with E-state index in [1.54, 1.807) is 16.9 Å². The van der Waals surface area contributed by atoms with Crippen molar-refractivity contribution in [3.05, 3.63) is 41.5 Å². The summed E-state index contributed by atoms with van der Waals surface area (Å²) in [5, 5.41) is 19.7. The van der Waals surface area contributed by atoms with Crippen LogP contribution in [0.5, 0.6) is 0 Å². The van der Waals surface area contributed by atoms with E-state index in [-0.39, 0.29) is 12.4 Å². The third kappa shape index (κ3) is 3.04. The first-order valence-corrected chi connectivity index (χ1v) is 5.69. The predicted octanol–water partition coefficient (Wildman–Crippen LogP) is 1.33. The fraction of sp³-hybridized carbons (Fsp3) is 0.333. The van der Waals surface area contributed by atoms with Crippen molar-refractivity contribution in [2.75, 3.05) is 11.9 Å². The second-order valence-electron chi connectivity index (χ2n) is 4.01. The first-order chi connectivity index (χ1) is 8.69. The number of hydrogen-bond acceptors (Lipinski definition) is 4. The van der Waals surface area contributed by atoms with Crippen LogP contribution < -0.4 is 5.32 Å². The molecule has 6 heteroatoms. The standard InChI is InChI=1S/C12H15FN4O/c1-9-2-3-10(13)6-12(9)14-7-11-8-17(4-5-18)16-15-11/h2-3,6,8,14,18H,4-5,7H2,1H3. The third-order valence-electron chi connectivity index (χ3n) is 2.57. The van der Waals surface area contributed by atoms with Crippen LogP contribution in [-0.2, 0) is 13.1 Å². The van der Waals surface area contributed by atoms with E-state index in [9.17, 15) is 4.39 Å². The van der Waals surface area contributed by atoms with Gasteiger partial charge in [-0.25, -0.2) is 9.07 Å². The number of hydrogen-bond donors (Lipinski definition) is 2. The Balaban J connectivity index is 1.99. The van der Waals surface area contributed by atoms with E-state index in [4.69, 9.17) is 5.11 Å². The molecule has 1 aromatic carbocycles. The topological polar surface area (TPSA) is 63.0 Å². The van der Waals surface area contributed by atoms with Gasteiger partial charge in [-0.05, 0) is 24.6 Å². The first-order valence-electron chi connectivity index (χ1n) is 5.69. The van der Waals surface area contributed by atoms with Crippen LogP contribution in [0.15, 0.2) is 24.4 Å². The van der Waals surface area contributed by atoms with Gasteiger partial charge in [0, 0.05) is 5.69 Å². The monoisotopic (exact) mass is 250 g/mol. The van der Waals surface area contributed by atoms with Crippen LogP contribution in [0.2, 0.25) is 0 Å². The Hall–Kier alpha value is -1.95. The number of aryl methyl sites for hydroxylation is 1. The largest absolute Gasteiger partial charge is 0.394 e. The van der Waals surface area contributed by atoms with Crippen LogP contribution in [0, 0.1) is 12.7 Å². The van der Waals surface area contributed by atoms with Gasteiger partial charge in [-0.3, -0.25) is 0 Å². The lowest BCUT2D eigenvalue weighted by atomic mass is 10.2. The Morgan fingerprint density at radius 3 is 3.06 bits per heavy atom. The minimum atomic E-state index is -0.271. The molecule has 0 unspecified atom stereocenters. The minimum absolute atomic E-state index is 0.0270. The molecule has 0 spiro atoms. The number of benzene rings is 1. The average molecular weight is 250 g/mol. The molecule has 2 rings (SSSR count). The maximum absolute atomic E-state index is 13.1. The van der Waals surface area contributed by atoms with Gasteiger partial charge < -0.3 is 10.4 Å². The Kier molecular flexibility index (Phi) is 3.88. The number of halogens is 1. The molecule has 5 nitrogen and oxygen atoms in total. The van der Waals surface area contributed by atoms with E-state index in [1.807, 2.05) is 6.92 Å². The van der Waals surface area contributed by atoms with Crippen LogP contribution in [0.3, 0.4) is 0 Å². The van der Waals surface area contributed by atoms with E-state index in [2.05, 4.69) is 15.6 Å². The highest BCUT2D eigenvalue weighted by atomic mass is 19.1. The predicted molar refractivity (Wildman–Crippen MR) is 65.6 cm³/mol. The normalized spacial score (nSPS) is 10.6. The molecule has 0 atom stereocenters. The summed E-state index contributed by atoms with van der Waals surface area (Å²) in [5.74, 6) is -0.271. The van der Waals surface area contributed by atoms with E-state index in [1.165, 1.54) is 12.1 Å².